The highest BCUT2D eigenvalue weighted by molar-refractivity contribution is 5.59. The van der Waals surface area contributed by atoms with E-state index in [1.807, 2.05) is 24.4 Å². The van der Waals surface area contributed by atoms with Crippen LogP contribution in [-0.4, -0.2) is 74.0 Å². The first-order valence-corrected chi connectivity index (χ1v) is 13.9. The highest BCUT2D eigenvalue weighted by Crippen LogP contribution is 2.29. The molecule has 1 N–H and O–H groups in total. The Balaban J connectivity index is 1.33. The Kier molecular flexibility index (Phi) is 9.27. The van der Waals surface area contributed by atoms with Crippen molar-refractivity contribution in [3.63, 3.8) is 0 Å². The van der Waals surface area contributed by atoms with E-state index in [1.54, 1.807) is 0 Å². The summed E-state index contributed by atoms with van der Waals surface area (Å²) in [6, 6.07) is 6.15. The Morgan fingerprint density at radius 2 is 1.84 bits per heavy atom. The van der Waals surface area contributed by atoms with E-state index in [-0.39, 0.29) is 0 Å². The summed E-state index contributed by atoms with van der Waals surface area (Å²) < 4.78 is 18.0. The van der Waals surface area contributed by atoms with Gasteiger partial charge in [0.1, 0.15) is 18.2 Å². The first-order valence-electron chi connectivity index (χ1n) is 13.9. The smallest absolute Gasteiger partial charge is 0.229 e. The summed E-state index contributed by atoms with van der Waals surface area (Å²) in [5, 5.41) is 3.42. The average molecular weight is 508 g/mol. The van der Waals surface area contributed by atoms with Crippen LogP contribution in [0.3, 0.4) is 0 Å². The van der Waals surface area contributed by atoms with E-state index >= 15 is 0 Å². The number of aryl methyl sites for hydroxylation is 1. The Morgan fingerprint density at radius 3 is 2.68 bits per heavy atom. The fourth-order valence-electron chi connectivity index (χ4n) is 5.35. The van der Waals surface area contributed by atoms with Crippen LogP contribution < -0.4 is 15.0 Å². The molecule has 0 amide bonds. The van der Waals surface area contributed by atoms with Gasteiger partial charge in [0.15, 0.2) is 0 Å². The van der Waals surface area contributed by atoms with Gasteiger partial charge in [-0.05, 0) is 76.2 Å². The molecule has 4 aliphatic rings. The first kappa shape index (κ1) is 25.9. The molecule has 8 heteroatoms. The minimum absolute atomic E-state index is 0.467. The standard InChI is InChI=1S/C29H41N5O3/c1-23-21-30-29-31-26-6-7-27(37-19-15-33-11-2-3-12-33)25(20-26)22-36-17-5-4-16-35-18-10-24-8-13-34(14-9-24)28(23)32-29/h4-7,20-21,24H,2-3,8-19,22H2,1H3,(H,30,31,32)/b5-4+. The molecule has 1 aromatic carbocycles. The Morgan fingerprint density at radius 1 is 1.03 bits per heavy atom. The average Bonchev–Trinajstić information content (AvgIpc) is 3.43. The van der Waals surface area contributed by atoms with Crippen LogP contribution >= 0.6 is 0 Å². The summed E-state index contributed by atoms with van der Waals surface area (Å²) in [5.41, 5.74) is 3.05. The van der Waals surface area contributed by atoms with Crippen molar-refractivity contribution in [3.05, 3.63) is 47.7 Å². The molecular formula is C29H41N5O3. The van der Waals surface area contributed by atoms with Crippen molar-refractivity contribution < 1.29 is 14.2 Å². The summed E-state index contributed by atoms with van der Waals surface area (Å²) in [4.78, 5) is 14.3. The topological polar surface area (TPSA) is 72.0 Å². The molecule has 0 aliphatic carbocycles. The predicted octanol–water partition coefficient (Wildman–Crippen LogP) is 4.71. The van der Waals surface area contributed by atoms with E-state index in [4.69, 9.17) is 19.2 Å². The normalized spacial score (nSPS) is 20.9. The number of nitrogens with zero attached hydrogens (tertiary/aromatic N) is 4. The van der Waals surface area contributed by atoms with Crippen LogP contribution in [0.2, 0.25) is 0 Å². The molecule has 37 heavy (non-hydrogen) atoms. The number of nitrogens with one attached hydrogen (secondary N) is 1. The molecule has 4 aliphatic heterocycles. The van der Waals surface area contributed by atoms with Crippen molar-refractivity contribution in [1.82, 2.24) is 14.9 Å². The molecular weight excluding hydrogens is 466 g/mol. The molecule has 6 bridgehead atoms. The molecule has 2 saturated heterocycles. The third-order valence-corrected chi connectivity index (χ3v) is 7.56. The van der Waals surface area contributed by atoms with E-state index in [2.05, 4.69) is 39.2 Å². The zero-order valence-electron chi connectivity index (χ0n) is 22.2. The van der Waals surface area contributed by atoms with Gasteiger partial charge in [-0.2, -0.15) is 4.98 Å². The zero-order valence-corrected chi connectivity index (χ0v) is 22.2. The van der Waals surface area contributed by atoms with Gasteiger partial charge >= 0.3 is 0 Å². The molecule has 8 nitrogen and oxygen atoms in total. The fourth-order valence-corrected chi connectivity index (χ4v) is 5.35. The van der Waals surface area contributed by atoms with Crippen LogP contribution in [0.4, 0.5) is 17.5 Å². The largest absolute Gasteiger partial charge is 0.492 e. The van der Waals surface area contributed by atoms with Crippen LogP contribution in [0.5, 0.6) is 5.75 Å². The molecule has 200 valence electrons. The number of piperidine rings is 1. The number of fused-ring (bicyclic) bond motifs is 9. The van der Waals surface area contributed by atoms with Gasteiger partial charge < -0.3 is 24.4 Å². The van der Waals surface area contributed by atoms with Gasteiger partial charge in [0.25, 0.3) is 0 Å². The van der Waals surface area contributed by atoms with Crippen LogP contribution in [0.1, 0.15) is 43.2 Å². The third kappa shape index (κ3) is 7.43. The Labute approximate surface area is 221 Å². The second kappa shape index (κ2) is 13.2. The molecule has 1 aromatic heterocycles. The maximum atomic E-state index is 6.21. The minimum Gasteiger partial charge on any atom is -0.492 e. The number of hydrogen-bond donors (Lipinski definition) is 1. The van der Waals surface area contributed by atoms with Crippen molar-refractivity contribution in [3.8, 4) is 5.75 Å². The number of ether oxygens (including phenoxy) is 3. The highest BCUT2D eigenvalue weighted by Gasteiger charge is 2.22. The van der Waals surface area contributed by atoms with Crippen molar-refractivity contribution >= 4 is 17.5 Å². The van der Waals surface area contributed by atoms with Gasteiger partial charge in [-0.25, -0.2) is 4.98 Å². The van der Waals surface area contributed by atoms with E-state index in [9.17, 15) is 0 Å². The van der Waals surface area contributed by atoms with E-state index < -0.39 is 0 Å². The quantitative estimate of drug-likeness (QED) is 0.597. The second-order valence-corrected chi connectivity index (χ2v) is 10.3. The summed E-state index contributed by atoms with van der Waals surface area (Å²) in [7, 11) is 0. The van der Waals surface area contributed by atoms with Gasteiger partial charge in [0.2, 0.25) is 5.95 Å². The molecule has 0 unspecified atom stereocenters. The van der Waals surface area contributed by atoms with E-state index in [0.29, 0.717) is 38.3 Å². The number of benzene rings is 1. The SMILES string of the molecule is Cc1cnc2nc1N1CCC(CCOC/C=C/COCc3cc(ccc3OCCN3CCCC3)N2)CC1. The highest BCUT2D eigenvalue weighted by atomic mass is 16.5. The Bertz CT molecular complexity index is 1030. The number of likely N-dealkylation sites (tertiary alicyclic amines) is 1. The van der Waals surface area contributed by atoms with Crippen molar-refractivity contribution in [2.45, 2.75) is 45.6 Å². The summed E-state index contributed by atoms with van der Waals surface area (Å²) in [6.45, 7) is 10.6. The predicted molar refractivity (Wildman–Crippen MR) is 147 cm³/mol. The number of hydrogen-bond acceptors (Lipinski definition) is 8. The number of aromatic nitrogens is 2. The summed E-state index contributed by atoms with van der Waals surface area (Å²) in [5.74, 6) is 3.22. The molecule has 0 atom stereocenters. The molecule has 0 saturated carbocycles. The lowest BCUT2D eigenvalue weighted by atomic mass is 9.94. The van der Waals surface area contributed by atoms with Gasteiger partial charge in [-0.15, -0.1) is 0 Å². The van der Waals surface area contributed by atoms with Crippen LogP contribution in [-0.2, 0) is 16.1 Å². The molecule has 5 heterocycles. The lowest BCUT2D eigenvalue weighted by molar-refractivity contribution is 0.134. The lowest BCUT2D eigenvalue weighted by Crippen LogP contribution is -2.35. The van der Waals surface area contributed by atoms with Crippen LogP contribution in [0, 0.1) is 12.8 Å². The molecule has 6 rings (SSSR count). The van der Waals surface area contributed by atoms with Crippen LogP contribution in [0.25, 0.3) is 0 Å². The minimum atomic E-state index is 0.467. The van der Waals surface area contributed by atoms with Gasteiger partial charge in [0.05, 0.1) is 19.8 Å². The third-order valence-electron chi connectivity index (χ3n) is 7.56. The maximum absolute atomic E-state index is 6.21. The summed E-state index contributed by atoms with van der Waals surface area (Å²) in [6.07, 6.45) is 12.0. The van der Waals surface area contributed by atoms with Gasteiger partial charge in [-0.1, -0.05) is 12.2 Å². The van der Waals surface area contributed by atoms with E-state index in [0.717, 1.165) is 61.0 Å². The summed E-state index contributed by atoms with van der Waals surface area (Å²) >= 11 is 0. The lowest BCUT2D eigenvalue weighted by Gasteiger charge is -2.33. The van der Waals surface area contributed by atoms with Crippen molar-refractivity contribution in [2.24, 2.45) is 5.92 Å². The second-order valence-electron chi connectivity index (χ2n) is 10.3. The maximum Gasteiger partial charge on any atom is 0.229 e. The molecule has 0 spiro atoms. The molecule has 2 aromatic rings. The molecule has 2 fully saturated rings. The zero-order chi connectivity index (χ0) is 25.3. The first-order chi connectivity index (χ1) is 18.2. The van der Waals surface area contributed by atoms with Gasteiger partial charge in [-0.3, -0.25) is 4.90 Å². The number of anilines is 3. The van der Waals surface area contributed by atoms with Crippen molar-refractivity contribution in [2.75, 3.05) is 69.4 Å². The van der Waals surface area contributed by atoms with Crippen molar-refractivity contribution in [1.29, 1.82) is 0 Å². The van der Waals surface area contributed by atoms with Crippen LogP contribution in [0.15, 0.2) is 36.5 Å². The fraction of sp³-hybridized carbons (Fsp3) is 0.586. The number of rotatable bonds is 4. The monoisotopic (exact) mass is 507 g/mol. The van der Waals surface area contributed by atoms with Gasteiger partial charge in [0, 0.05) is 49.3 Å². The molecule has 0 radical (unpaired) electrons. The Hall–Kier alpha value is -2.68. The van der Waals surface area contributed by atoms with E-state index in [1.165, 1.54) is 38.8 Å².